The van der Waals surface area contributed by atoms with Crippen LogP contribution >= 0.6 is 11.6 Å². The first-order valence-electron chi connectivity index (χ1n) is 6.60. The average molecular weight is 256 g/mol. The lowest BCUT2D eigenvalue weighted by atomic mass is 9.80. The van der Waals surface area contributed by atoms with Crippen molar-refractivity contribution in [2.75, 3.05) is 0 Å². The Kier molecular flexibility index (Phi) is 4.08. The van der Waals surface area contributed by atoms with E-state index in [9.17, 15) is 0 Å². The maximum atomic E-state index is 6.44. The molecule has 3 nitrogen and oxygen atoms in total. The molecule has 0 amide bonds. The molecule has 17 heavy (non-hydrogen) atoms. The molecule has 1 saturated carbocycles. The van der Waals surface area contributed by atoms with Crippen molar-refractivity contribution in [1.29, 1.82) is 0 Å². The van der Waals surface area contributed by atoms with E-state index in [2.05, 4.69) is 30.9 Å². The van der Waals surface area contributed by atoms with Crippen LogP contribution in [-0.4, -0.2) is 20.1 Å². The van der Waals surface area contributed by atoms with Gasteiger partial charge in [0.2, 0.25) is 0 Å². The fraction of sp³-hybridized carbons (Fsp3) is 0.846. The molecule has 1 aromatic heterocycles. The van der Waals surface area contributed by atoms with E-state index in [1.807, 2.05) is 4.68 Å². The Balaban J connectivity index is 2.06. The van der Waals surface area contributed by atoms with Gasteiger partial charge in [0.05, 0.1) is 0 Å². The van der Waals surface area contributed by atoms with Crippen LogP contribution in [0.4, 0.5) is 0 Å². The highest BCUT2D eigenvalue weighted by Crippen LogP contribution is 2.34. The molecule has 0 aromatic carbocycles. The second-order valence-corrected chi connectivity index (χ2v) is 6.17. The molecule has 4 heteroatoms. The van der Waals surface area contributed by atoms with Crippen LogP contribution in [0.3, 0.4) is 0 Å². The number of alkyl halides is 1. The second kappa shape index (κ2) is 5.38. The third-order valence-corrected chi connectivity index (χ3v) is 4.31. The summed E-state index contributed by atoms with van der Waals surface area (Å²) in [4.78, 5) is 4.38. The first-order valence-corrected chi connectivity index (χ1v) is 7.04. The van der Waals surface area contributed by atoms with Crippen LogP contribution in [0.5, 0.6) is 0 Å². The van der Waals surface area contributed by atoms with Crippen LogP contribution in [0.2, 0.25) is 0 Å². The topological polar surface area (TPSA) is 30.7 Å². The van der Waals surface area contributed by atoms with Gasteiger partial charge in [-0.05, 0) is 44.9 Å². The van der Waals surface area contributed by atoms with Crippen LogP contribution in [-0.2, 0) is 6.42 Å². The highest BCUT2D eigenvalue weighted by Gasteiger charge is 2.28. The highest BCUT2D eigenvalue weighted by molar-refractivity contribution is 6.20. The minimum absolute atomic E-state index is 0.309. The van der Waals surface area contributed by atoms with Gasteiger partial charge in [-0.3, -0.25) is 0 Å². The zero-order valence-corrected chi connectivity index (χ0v) is 11.7. The predicted octanol–water partition coefficient (Wildman–Crippen LogP) is 3.45. The number of halogens is 1. The smallest absolute Gasteiger partial charge is 0.138 e. The Morgan fingerprint density at radius 1 is 1.47 bits per heavy atom. The van der Waals surface area contributed by atoms with Crippen LogP contribution in [0.25, 0.3) is 0 Å². The normalized spacial score (nSPS) is 29.8. The SMILES string of the molecule is CC1CCC(Cl)C(Cc2ncnn2C(C)C)C1. The molecule has 0 aliphatic heterocycles. The van der Waals surface area contributed by atoms with Gasteiger partial charge in [-0.15, -0.1) is 11.6 Å². The number of hydrogen-bond donors (Lipinski definition) is 0. The Bertz CT molecular complexity index is 361. The minimum atomic E-state index is 0.309. The summed E-state index contributed by atoms with van der Waals surface area (Å²) in [7, 11) is 0. The van der Waals surface area contributed by atoms with Gasteiger partial charge < -0.3 is 0 Å². The summed E-state index contributed by atoms with van der Waals surface area (Å²) in [6.07, 6.45) is 6.26. The van der Waals surface area contributed by atoms with Gasteiger partial charge in [-0.25, -0.2) is 9.67 Å². The van der Waals surface area contributed by atoms with E-state index in [4.69, 9.17) is 11.6 Å². The molecule has 0 N–H and O–H groups in total. The van der Waals surface area contributed by atoms with Gasteiger partial charge in [-0.1, -0.05) is 6.92 Å². The van der Waals surface area contributed by atoms with E-state index in [1.54, 1.807) is 6.33 Å². The molecular weight excluding hydrogens is 234 g/mol. The lowest BCUT2D eigenvalue weighted by Crippen LogP contribution is -2.27. The maximum Gasteiger partial charge on any atom is 0.138 e. The molecule has 3 unspecified atom stereocenters. The second-order valence-electron chi connectivity index (χ2n) is 5.61. The van der Waals surface area contributed by atoms with E-state index in [0.717, 1.165) is 24.6 Å². The van der Waals surface area contributed by atoms with E-state index < -0.39 is 0 Å². The molecule has 2 rings (SSSR count). The lowest BCUT2D eigenvalue weighted by molar-refractivity contribution is 0.279. The Hall–Kier alpha value is -0.570. The predicted molar refractivity (Wildman–Crippen MR) is 70.3 cm³/mol. The fourth-order valence-electron chi connectivity index (χ4n) is 2.76. The Labute approximate surface area is 109 Å². The van der Waals surface area contributed by atoms with Crippen LogP contribution in [0.1, 0.15) is 51.9 Å². The summed E-state index contributed by atoms with van der Waals surface area (Å²) in [6.45, 7) is 6.60. The molecule has 1 fully saturated rings. The van der Waals surface area contributed by atoms with E-state index in [1.165, 1.54) is 12.8 Å². The van der Waals surface area contributed by atoms with E-state index in [0.29, 0.717) is 17.3 Å². The summed E-state index contributed by atoms with van der Waals surface area (Å²) in [5.74, 6) is 2.44. The molecule has 1 aliphatic carbocycles. The molecule has 1 aromatic rings. The van der Waals surface area contributed by atoms with Crippen molar-refractivity contribution in [1.82, 2.24) is 14.8 Å². The van der Waals surface area contributed by atoms with Gasteiger partial charge in [0.15, 0.2) is 0 Å². The van der Waals surface area contributed by atoms with Gasteiger partial charge in [0.25, 0.3) is 0 Å². The van der Waals surface area contributed by atoms with Crippen molar-refractivity contribution in [3.05, 3.63) is 12.2 Å². The van der Waals surface area contributed by atoms with Crippen LogP contribution < -0.4 is 0 Å². The van der Waals surface area contributed by atoms with Gasteiger partial charge in [0.1, 0.15) is 12.2 Å². The van der Waals surface area contributed by atoms with Crippen LogP contribution in [0, 0.1) is 11.8 Å². The monoisotopic (exact) mass is 255 g/mol. The van der Waals surface area contributed by atoms with Crippen molar-refractivity contribution in [3.63, 3.8) is 0 Å². The van der Waals surface area contributed by atoms with E-state index in [-0.39, 0.29) is 0 Å². The molecule has 96 valence electrons. The maximum absolute atomic E-state index is 6.44. The van der Waals surface area contributed by atoms with Crippen molar-refractivity contribution in [2.24, 2.45) is 11.8 Å². The molecule has 0 radical (unpaired) electrons. The van der Waals surface area contributed by atoms with Crippen LogP contribution in [0.15, 0.2) is 6.33 Å². The van der Waals surface area contributed by atoms with Gasteiger partial charge in [-0.2, -0.15) is 5.10 Å². The van der Waals surface area contributed by atoms with Crippen molar-refractivity contribution >= 4 is 11.6 Å². The molecule has 3 atom stereocenters. The number of nitrogens with zero attached hydrogens (tertiary/aromatic N) is 3. The third-order valence-electron chi connectivity index (χ3n) is 3.73. The standard InChI is InChI=1S/C13H22ClN3/c1-9(2)17-13(15-8-16-17)7-11-6-10(3)4-5-12(11)14/h8-12H,4-7H2,1-3H3. The molecule has 0 spiro atoms. The molecule has 1 aliphatic rings. The summed E-state index contributed by atoms with van der Waals surface area (Å²) in [6, 6.07) is 0.377. The van der Waals surface area contributed by atoms with E-state index >= 15 is 0 Å². The number of hydrogen-bond acceptors (Lipinski definition) is 2. The summed E-state index contributed by atoms with van der Waals surface area (Å²) in [5.41, 5.74) is 0. The minimum Gasteiger partial charge on any atom is -0.248 e. The summed E-state index contributed by atoms with van der Waals surface area (Å²) in [5, 5.41) is 4.60. The third kappa shape index (κ3) is 3.01. The largest absolute Gasteiger partial charge is 0.248 e. The fourth-order valence-corrected chi connectivity index (χ4v) is 3.08. The lowest BCUT2D eigenvalue weighted by Gasteiger charge is -2.31. The first-order chi connectivity index (χ1) is 8.08. The average Bonchev–Trinajstić information content (AvgIpc) is 2.71. The molecular formula is C13H22ClN3. The summed E-state index contributed by atoms with van der Waals surface area (Å²) >= 11 is 6.44. The Morgan fingerprint density at radius 3 is 2.94 bits per heavy atom. The molecule has 0 saturated heterocycles. The van der Waals surface area contributed by atoms with Gasteiger partial charge in [0, 0.05) is 17.8 Å². The zero-order chi connectivity index (χ0) is 12.4. The van der Waals surface area contributed by atoms with Crippen molar-refractivity contribution in [3.8, 4) is 0 Å². The molecule has 1 heterocycles. The number of rotatable bonds is 3. The molecule has 0 bridgehead atoms. The van der Waals surface area contributed by atoms with Gasteiger partial charge >= 0.3 is 0 Å². The summed E-state index contributed by atoms with van der Waals surface area (Å²) < 4.78 is 2.02. The zero-order valence-electron chi connectivity index (χ0n) is 10.9. The number of aromatic nitrogens is 3. The highest BCUT2D eigenvalue weighted by atomic mass is 35.5. The first kappa shape index (κ1) is 12.9. The van der Waals surface area contributed by atoms with Crippen molar-refractivity contribution in [2.45, 2.75) is 57.9 Å². The van der Waals surface area contributed by atoms with Crippen molar-refractivity contribution < 1.29 is 0 Å². The Morgan fingerprint density at radius 2 is 2.24 bits per heavy atom. The quantitative estimate of drug-likeness (QED) is 0.775.